The van der Waals surface area contributed by atoms with E-state index in [4.69, 9.17) is 11.6 Å². The molecule has 0 heterocycles. The largest absolute Gasteiger partial charge is 0.416 e. The van der Waals surface area contributed by atoms with Gasteiger partial charge in [-0.3, -0.25) is 13.9 Å². The molecule has 0 saturated heterocycles. The van der Waals surface area contributed by atoms with E-state index in [0.29, 0.717) is 22.4 Å². The molecule has 0 aliphatic rings. The van der Waals surface area contributed by atoms with Gasteiger partial charge in [-0.25, -0.2) is 8.42 Å². The van der Waals surface area contributed by atoms with Crippen LogP contribution < -0.4 is 9.62 Å². The third-order valence-electron chi connectivity index (χ3n) is 6.52. The number of nitrogens with one attached hydrogen (secondary N) is 1. The molecule has 7 nitrogen and oxygen atoms in total. The molecule has 0 aromatic heterocycles. The first kappa shape index (κ1) is 32.0. The van der Waals surface area contributed by atoms with Gasteiger partial charge in [0.05, 0.1) is 21.2 Å². The molecular formula is C29H31ClF3N3O4S. The Bertz CT molecular complexity index is 1460. The monoisotopic (exact) mass is 609 g/mol. The lowest BCUT2D eigenvalue weighted by Gasteiger charge is -2.32. The molecule has 0 saturated carbocycles. The summed E-state index contributed by atoms with van der Waals surface area (Å²) in [6, 6.07) is 16.8. The molecule has 0 bridgehead atoms. The van der Waals surface area contributed by atoms with Crippen molar-refractivity contribution in [3.05, 3.63) is 95.0 Å². The normalized spacial score (nSPS) is 13.2. The van der Waals surface area contributed by atoms with Crippen molar-refractivity contribution in [2.75, 3.05) is 10.8 Å². The number of halogens is 4. The van der Waals surface area contributed by atoms with Crippen molar-refractivity contribution in [2.45, 2.75) is 56.9 Å². The predicted molar refractivity (Wildman–Crippen MR) is 152 cm³/mol. The van der Waals surface area contributed by atoms with E-state index >= 15 is 0 Å². The summed E-state index contributed by atoms with van der Waals surface area (Å²) in [7, 11) is -4.58. The van der Waals surface area contributed by atoms with E-state index in [0.717, 1.165) is 12.1 Å². The maximum Gasteiger partial charge on any atom is 0.416 e. The van der Waals surface area contributed by atoms with Gasteiger partial charge in [-0.2, -0.15) is 13.2 Å². The highest BCUT2D eigenvalue weighted by atomic mass is 35.5. The van der Waals surface area contributed by atoms with Gasteiger partial charge in [0.1, 0.15) is 12.6 Å². The third-order valence-corrected chi connectivity index (χ3v) is 8.61. The standard InChI is InChI=1S/C29H31ClF3N3O4S/c1-4-20(2)34-28(38)21(3)35(18-22-11-7-5-8-12-22)27(37)19-36(41(39,40)24-13-9-6-10-14-24)26-17-23(29(31,32)33)15-16-25(26)30/h5-17,20-21H,4,18-19H2,1-3H3,(H,34,38)/t20-,21+/m1/s1. The third kappa shape index (κ3) is 8.01. The molecule has 2 amide bonds. The number of rotatable bonds is 11. The highest BCUT2D eigenvalue weighted by Gasteiger charge is 2.36. The average Bonchev–Trinajstić information content (AvgIpc) is 2.94. The first-order valence-corrected chi connectivity index (χ1v) is 14.7. The minimum Gasteiger partial charge on any atom is -0.352 e. The van der Waals surface area contributed by atoms with E-state index in [1.165, 1.54) is 36.1 Å². The molecule has 220 valence electrons. The lowest BCUT2D eigenvalue weighted by molar-refractivity contribution is -0.139. The number of nitrogens with zero attached hydrogens (tertiary/aromatic N) is 2. The summed E-state index contributed by atoms with van der Waals surface area (Å²) in [4.78, 5) is 27.9. The van der Waals surface area contributed by atoms with Crippen LogP contribution in [0.3, 0.4) is 0 Å². The van der Waals surface area contributed by atoms with E-state index in [2.05, 4.69) is 5.32 Å². The minimum absolute atomic E-state index is 0.0513. The molecule has 2 atom stereocenters. The molecule has 12 heteroatoms. The van der Waals surface area contributed by atoms with Crippen LogP contribution in [0.25, 0.3) is 0 Å². The van der Waals surface area contributed by atoms with E-state index in [1.54, 1.807) is 43.3 Å². The Morgan fingerprint density at radius 3 is 2.10 bits per heavy atom. The van der Waals surface area contributed by atoms with Gasteiger partial charge in [-0.15, -0.1) is 0 Å². The molecule has 3 aromatic carbocycles. The Hall–Kier alpha value is -3.57. The van der Waals surface area contributed by atoms with Crippen LogP contribution in [-0.2, 0) is 32.3 Å². The number of carbonyl (C=O) groups is 2. The Balaban J connectivity index is 2.11. The lowest BCUT2D eigenvalue weighted by atomic mass is 10.1. The van der Waals surface area contributed by atoms with E-state index < -0.39 is 51.9 Å². The van der Waals surface area contributed by atoms with E-state index in [-0.39, 0.29) is 22.5 Å². The second kappa shape index (κ2) is 13.4. The van der Waals surface area contributed by atoms with Crippen LogP contribution >= 0.6 is 11.6 Å². The van der Waals surface area contributed by atoms with Gasteiger partial charge in [0.2, 0.25) is 11.8 Å². The summed E-state index contributed by atoms with van der Waals surface area (Å²) in [5.74, 6) is -1.27. The van der Waals surface area contributed by atoms with E-state index in [1.807, 2.05) is 6.92 Å². The smallest absolute Gasteiger partial charge is 0.352 e. The fourth-order valence-corrected chi connectivity index (χ4v) is 5.66. The van der Waals surface area contributed by atoms with Crippen LogP contribution in [-0.4, -0.2) is 43.8 Å². The Labute approximate surface area is 243 Å². The summed E-state index contributed by atoms with van der Waals surface area (Å²) in [6.07, 6.45) is -4.16. The lowest BCUT2D eigenvalue weighted by Crippen LogP contribution is -2.52. The predicted octanol–water partition coefficient (Wildman–Crippen LogP) is 5.89. The number of sulfonamides is 1. The zero-order valence-corrected chi connectivity index (χ0v) is 24.3. The first-order chi connectivity index (χ1) is 19.3. The molecule has 41 heavy (non-hydrogen) atoms. The van der Waals surface area contributed by atoms with E-state index in [9.17, 15) is 31.2 Å². The van der Waals surface area contributed by atoms with Crippen LogP contribution in [0.1, 0.15) is 38.3 Å². The van der Waals surface area contributed by atoms with Crippen LogP contribution in [0, 0.1) is 0 Å². The molecule has 0 radical (unpaired) electrons. The quantitative estimate of drug-likeness (QED) is 0.294. The maximum absolute atomic E-state index is 13.9. The average molecular weight is 610 g/mol. The number of alkyl halides is 3. The van der Waals surface area contributed by atoms with Crippen molar-refractivity contribution in [1.29, 1.82) is 0 Å². The second-order valence-electron chi connectivity index (χ2n) is 9.49. The summed E-state index contributed by atoms with van der Waals surface area (Å²) >= 11 is 6.25. The Morgan fingerprint density at radius 2 is 1.54 bits per heavy atom. The Kier molecular flexibility index (Phi) is 10.4. The van der Waals surface area contributed by atoms with Gasteiger partial charge >= 0.3 is 6.18 Å². The highest BCUT2D eigenvalue weighted by molar-refractivity contribution is 7.92. The fourth-order valence-electron chi connectivity index (χ4n) is 3.94. The van der Waals surface area contributed by atoms with Gasteiger partial charge in [0, 0.05) is 12.6 Å². The summed E-state index contributed by atoms with van der Waals surface area (Å²) in [6.45, 7) is 4.23. The SMILES string of the molecule is CC[C@@H](C)NC(=O)[C@H](C)N(Cc1ccccc1)C(=O)CN(c1cc(C(F)(F)F)ccc1Cl)S(=O)(=O)c1ccccc1. The van der Waals surface area contributed by atoms with Crippen LogP contribution in [0.5, 0.6) is 0 Å². The van der Waals surface area contributed by atoms with Gasteiger partial charge in [0.25, 0.3) is 10.0 Å². The van der Waals surface area contributed by atoms with Gasteiger partial charge < -0.3 is 10.2 Å². The molecule has 0 unspecified atom stereocenters. The number of anilines is 1. The summed E-state index contributed by atoms with van der Waals surface area (Å²) in [5, 5.41) is 2.51. The van der Waals surface area contributed by atoms with Crippen LogP contribution in [0.2, 0.25) is 5.02 Å². The number of hydrogen-bond acceptors (Lipinski definition) is 4. The summed E-state index contributed by atoms with van der Waals surface area (Å²) in [5.41, 5.74) is -0.992. The zero-order valence-electron chi connectivity index (χ0n) is 22.7. The number of hydrogen-bond donors (Lipinski definition) is 1. The molecular weight excluding hydrogens is 579 g/mol. The topological polar surface area (TPSA) is 86.8 Å². The summed E-state index contributed by atoms with van der Waals surface area (Å²) < 4.78 is 69.0. The van der Waals surface area contributed by atoms with Crippen LogP contribution in [0.4, 0.5) is 18.9 Å². The van der Waals surface area contributed by atoms with Crippen molar-refractivity contribution in [3.8, 4) is 0 Å². The molecule has 3 aromatic rings. The van der Waals surface area contributed by atoms with Crippen molar-refractivity contribution in [3.63, 3.8) is 0 Å². The highest BCUT2D eigenvalue weighted by Crippen LogP contribution is 2.37. The number of benzene rings is 3. The number of amides is 2. The van der Waals surface area contributed by atoms with Gasteiger partial charge in [0.15, 0.2) is 0 Å². The minimum atomic E-state index is -4.80. The molecule has 3 rings (SSSR count). The Morgan fingerprint density at radius 1 is 0.951 bits per heavy atom. The van der Waals surface area contributed by atoms with Gasteiger partial charge in [-0.05, 0) is 56.2 Å². The zero-order chi connectivity index (χ0) is 30.4. The molecule has 0 aliphatic heterocycles. The van der Waals surface area contributed by atoms with Crippen molar-refractivity contribution in [2.24, 2.45) is 0 Å². The maximum atomic E-state index is 13.9. The van der Waals surface area contributed by atoms with Crippen LogP contribution in [0.15, 0.2) is 83.8 Å². The van der Waals surface area contributed by atoms with Crippen molar-refractivity contribution in [1.82, 2.24) is 10.2 Å². The number of carbonyl (C=O) groups excluding carboxylic acids is 2. The molecule has 1 N–H and O–H groups in total. The molecule has 0 aliphatic carbocycles. The molecule has 0 fully saturated rings. The first-order valence-electron chi connectivity index (χ1n) is 12.8. The van der Waals surface area contributed by atoms with Crippen molar-refractivity contribution < 1.29 is 31.2 Å². The molecule has 0 spiro atoms. The van der Waals surface area contributed by atoms with Crippen molar-refractivity contribution >= 4 is 39.1 Å². The second-order valence-corrected chi connectivity index (χ2v) is 11.8. The fraction of sp³-hybridized carbons (Fsp3) is 0.310. The van der Waals surface area contributed by atoms with Gasteiger partial charge in [-0.1, -0.05) is 67.1 Å².